The molecule has 0 saturated carbocycles. The molecule has 1 N–H and O–H groups in total. The second-order valence-corrected chi connectivity index (χ2v) is 5.69. The maximum Gasteiger partial charge on any atom is 0.416 e. The van der Waals surface area contributed by atoms with Gasteiger partial charge in [0.05, 0.1) is 5.56 Å². The molecule has 4 nitrogen and oxygen atoms in total. The summed E-state index contributed by atoms with van der Waals surface area (Å²) in [6.45, 7) is 0.333. The molecule has 1 aromatic heterocycles. The molecule has 0 fully saturated rings. The fourth-order valence-corrected chi connectivity index (χ4v) is 2.36. The van der Waals surface area contributed by atoms with Crippen molar-refractivity contribution in [3.8, 4) is 11.5 Å². The Balaban J connectivity index is 1.69. The summed E-state index contributed by atoms with van der Waals surface area (Å²) >= 11 is 0. The number of hydrogen-bond donors (Lipinski definition) is 1. The Morgan fingerprint density at radius 3 is 2.33 bits per heavy atom. The Kier molecular flexibility index (Phi) is 5.40. The molecule has 0 aliphatic carbocycles. The van der Waals surface area contributed by atoms with Crippen molar-refractivity contribution in [1.29, 1.82) is 0 Å². The molecule has 0 unspecified atom stereocenters. The molecule has 1 heterocycles. The van der Waals surface area contributed by atoms with Crippen LogP contribution < -0.4 is 10.1 Å². The minimum absolute atomic E-state index is 0.0409. The zero-order valence-electron chi connectivity index (χ0n) is 14.0. The highest BCUT2D eigenvalue weighted by Crippen LogP contribution is 2.32. The highest BCUT2D eigenvalue weighted by atomic mass is 19.4. The first-order chi connectivity index (χ1) is 12.9. The molecule has 2 aromatic carbocycles. The fraction of sp³-hybridized carbons (Fsp3) is 0.100. The number of rotatable bonds is 5. The van der Waals surface area contributed by atoms with E-state index in [1.54, 1.807) is 42.7 Å². The Hall–Kier alpha value is -3.35. The van der Waals surface area contributed by atoms with Crippen LogP contribution >= 0.6 is 0 Å². The number of nitrogens with zero attached hydrogens (tertiary/aromatic N) is 1. The Labute approximate surface area is 153 Å². The van der Waals surface area contributed by atoms with Crippen LogP contribution in [0.25, 0.3) is 0 Å². The molecule has 1 amide bonds. The van der Waals surface area contributed by atoms with Crippen LogP contribution in [0.1, 0.15) is 21.5 Å². The zero-order valence-corrected chi connectivity index (χ0v) is 14.0. The predicted octanol–water partition coefficient (Wildman–Crippen LogP) is 4.82. The predicted molar refractivity (Wildman–Crippen MR) is 93.4 cm³/mol. The van der Waals surface area contributed by atoms with E-state index in [0.717, 1.165) is 17.7 Å². The van der Waals surface area contributed by atoms with Crippen LogP contribution in [0, 0.1) is 0 Å². The molecule has 0 aliphatic rings. The minimum atomic E-state index is -4.45. The van der Waals surface area contributed by atoms with Gasteiger partial charge < -0.3 is 10.1 Å². The van der Waals surface area contributed by atoms with Crippen LogP contribution in [-0.4, -0.2) is 10.9 Å². The van der Waals surface area contributed by atoms with E-state index < -0.39 is 11.7 Å². The summed E-state index contributed by atoms with van der Waals surface area (Å²) in [5.74, 6) is -0.00800. The van der Waals surface area contributed by atoms with Gasteiger partial charge in [0.1, 0.15) is 11.5 Å². The van der Waals surface area contributed by atoms with E-state index >= 15 is 0 Å². The van der Waals surface area contributed by atoms with Crippen LogP contribution in [-0.2, 0) is 12.7 Å². The number of halogens is 3. The number of benzene rings is 2. The average Bonchev–Trinajstić information content (AvgIpc) is 2.67. The molecule has 138 valence electrons. The Morgan fingerprint density at radius 2 is 1.63 bits per heavy atom. The van der Waals surface area contributed by atoms with Crippen molar-refractivity contribution < 1.29 is 22.7 Å². The molecular weight excluding hydrogens is 357 g/mol. The lowest BCUT2D eigenvalue weighted by molar-refractivity contribution is -0.137. The van der Waals surface area contributed by atoms with Gasteiger partial charge in [-0.05, 0) is 54.1 Å². The summed E-state index contributed by atoms with van der Waals surface area (Å²) < 4.78 is 43.8. The minimum Gasteiger partial charge on any atom is -0.457 e. The van der Waals surface area contributed by atoms with E-state index in [1.165, 1.54) is 18.2 Å². The summed E-state index contributed by atoms with van der Waals surface area (Å²) in [6.07, 6.45) is -1.19. The number of hydrogen-bond acceptors (Lipinski definition) is 3. The smallest absolute Gasteiger partial charge is 0.416 e. The molecule has 0 radical (unpaired) electrons. The lowest BCUT2D eigenvalue weighted by Gasteiger charge is -2.11. The van der Waals surface area contributed by atoms with Crippen molar-refractivity contribution in [3.63, 3.8) is 0 Å². The lowest BCUT2D eigenvalue weighted by Crippen LogP contribution is -2.22. The van der Waals surface area contributed by atoms with Crippen molar-refractivity contribution in [3.05, 3.63) is 89.7 Å². The molecule has 0 saturated heterocycles. The summed E-state index contributed by atoms with van der Waals surface area (Å²) in [5, 5.41) is 2.76. The quantitative estimate of drug-likeness (QED) is 0.698. The van der Waals surface area contributed by atoms with E-state index in [-0.39, 0.29) is 17.4 Å². The van der Waals surface area contributed by atoms with E-state index in [0.29, 0.717) is 12.1 Å². The monoisotopic (exact) mass is 372 g/mol. The first kappa shape index (κ1) is 18.4. The lowest BCUT2D eigenvalue weighted by atomic mass is 10.2. The van der Waals surface area contributed by atoms with Crippen molar-refractivity contribution in [2.45, 2.75) is 12.7 Å². The van der Waals surface area contributed by atoms with Crippen molar-refractivity contribution in [1.82, 2.24) is 10.3 Å². The number of nitrogens with one attached hydrogen (secondary N) is 1. The van der Waals surface area contributed by atoms with Gasteiger partial charge in [0.25, 0.3) is 5.91 Å². The molecule has 0 spiro atoms. The first-order valence-corrected chi connectivity index (χ1v) is 8.04. The third-order valence-corrected chi connectivity index (χ3v) is 3.70. The highest BCUT2D eigenvalue weighted by Gasteiger charge is 2.30. The maximum atomic E-state index is 12.8. The largest absolute Gasteiger partial charge is 0.457 e. The van der Waals surface area contributed by atoms with Gasteiger partial charge in [0.2, 0.25) is 0 Å². The number of alkyl halides is 3. The highest BCUT2D eigenvalue weighted by molar-refractivity contribution is 5.94. The van der Waals surface area contributed by atoms with Crippen molar-refractivity contribution in [2.75, 3.05) is 0 Å². The third kappa shape index (κ3) is 5.07. The van der Waals surface area contributed by atoms with Crippen LogP contribution in [0.4, 0.5) is 13.2 Å². The number of aromatic nitrogens is 1. The number of carbonyl (C=O) groups is 1. The second-order valence-electron chi connectivity index (χ2n) is 5.69. The number of pyridine rings is 1. The zero-order chi connectivity index (χ0) is 19.3. The van der Waals surface area contributed by atoms with Gasteiger partial charge in [0.15, 0.2) is 0 Å². The SMILES string of the molecule is O=C(NCc1ccncc1)c1cccc(Oc2cccc(C(F)(F)F)c2)c1. The van der Waals surface area contributed by atoms with Crippen LogP contribution in [0.15, 0.2) is 73.1 Å². The molecule has 27 heavy (non-hydrogen) atoms. The van der Waals surface area contributed by atoms with Gasteiger partial charge in [-0.1, -0.05) is 12.1 Å². The number of carbonyl (C=O) groups excluding carboxylic acids is 1. The van der Waals surface area contributed by atoms with Crippen molar-refractivity contribution >= 4 is 5.91 Å². The normalized spacial score (nSPS) is 11.1. The second kappa shape index (κ2) is 7.90. The van der Waals surface area contributed by atoms with Gasteiger partial charge in [-0.2, -0.15) is 13.2 Å². The number of amides is 1. The summed E-state index contributed by atoms with van der Waals surface area (Å²) in [4.78, 5) is 16.2. The van der Waals surface area contributed by atoms with E-state index in [4.69, 9.17) is 4.74 Å². The molecular formula is C20H15F3N2O2. The standard InChI is InChI=1S/C20H15F3N2O2/c21-20(22,23)16-4-2-6-18(12-16)27-17-5-1-3-15(11-17)19(26)25-13-14-7-9-24-10-8-14/h1-12H,13H2,(H,25,26). The molecule has 7 heteroatoms. The van der Waals surface area contributed by atoms with E-state index in [1.807, 2.05) is 0 Å². The molecule has 3 aromatic rings. The van der Waals surface area contributed by atoms with E-state index in [9.17, 15) is 18.0 Å². The topological polar surface area (TPSA) is 51.2 Å². The van der Waals surface area contributed by atoms with Gasteiger partial charge in [-0.15, -0.1) is 0 Å². The van der Waals surface area contributed by atoms with Gasteiger partial charge >= 0.3 is 6.18 Å². The van der Waals surface area contributed by atoms with Crippen LogP contribution in [0.2, 0.25) is 0 Å². The Bertz CT molecular complexity index is 928. The van der Waals surface area contributed by atoms with E-state index in [2.05, 4.69) is 10.3 Å². The Morgan fingerprint density at radius 1 is 0.963 bits per heavy atom. The van der Waals surface area contributed by atoms with Crippen LogP contribution in [0.3, 0.4) is 0 Å². The van der Waals surface area contributed by atoms with Gasteiger partial charge in [-0.25, -0.2) is 0 Å². The third-order valence-electron chi connectivity index (χ3n) is 3.70. The number of ether oxygens (including phenoxy) is 1. The van der Waals surface area contributed by atoms with Gasteiger partial charge in [0, 0.05) is 24.5 Å². The summed E-state index contributed by atoms with van der Waals surface area (Å²) in [7, 11) is 0. The summed E-state index contributed by atoms with van der Waals surface area (Å²) in [5.41, 5.74) is 0.439. The maximum absolute atomic E-state index is 12.8. The molecule has 0 aliphatic heterocycles. The molecule has 0 atom stereocenters. The fourth-order valence-electron chi connectivity index (χ4n) is 2.36. The first-order valence-electron chi connectivity index (χ1n) is 8.04. The average molecular weight is 372 g/mol. The summed E-state index contributed by atoms with van der Waals surface area (Å²) in [6, 6.07) is 14.4. The van der Waals surface area contributed by atoms with Gasteiger partial charge in [-0.3, -0.25) is 9.78 Å². The van der Waals surface area contributed by atoms with Crippen molar-refractivity contribution in [2.24, 2.45) is 0 Å². The molecule has 0 bridgehead atoms. The molecule has 3 rings (SSSR count). The van der Waals surface area contributed by atoms with Crippen LogP contribution in [0.5, 0.6) is 11.5 Å².